The molecular weight excluding hydrogens is 405 g/mol. The van der Waals surface area contributed by atoms with Crippen molar-refractivity contribution in [1.29, 1.82) is 0 Å². The van der Waals surface area contributed by atoms with Gasteiger partial charge < -0.3 is 20.9 Å². The molecule has 0 fully saturated rings. The predicted octanol–water partition coefficient (Wildman–Crippen LogP) is 2.41. The molecule has 3 rings (SSSR count). The lowest BCUT2D eigenvalue weighted by atomic mass is 9.85. The number of nitrogens with two attached hydrogens (primary N) is 1. The van der Waals surface area contributed by atoms with Crippen LogP contribution < -0.4 is 11.1 Å². The third-order valence-corrected chi connectivity index (χ3v) is 4.28. The SMILES string of the molecule is C[C@]1(c2cccc(NC(=O)c3ccccn3)c2F)N=C(N)COCC1(F)F.O=CO. The van der Waals surface area contributed by atoms with Crippen LogP contribution in [0, 0.1) is 5.82 Å². The Labute approximate surface area is 169 Å². The molecule has 1 amide bonds. The second kappa shape index (κ2) is 9.35. The van der Waals surface area contributed by atoms with Gasteiger partial charge in [-0.2, -0.15) is 0 Å². The molecule has 30 heavy (non-hydrogen) atoms. The highest BCUT2D eigenvalue weighted by Crippen LogP contribution is 2.44. The molecule has 8 nitrogen and oxygen atoms in total. The highest BCUT2D eigenvalue weighted by Gasteiger charge is 2.54. The van der Waals surface area contributed by atoms with Crippen molar-refractivity contribution in [2.24, 2.45) is 10.7 Å². The number of carboxylic acid groups (broad SMARTS) is 1. The first-order valence-corrected chi connectivity index (χ1v) is 8.55. The van der Waals surface area contributed by atoms with Gasteiger partial charge in [0.15, 0.2) is 11.4 Å². The minimum absolute atomic E-state index is 0.0592. The average molecular weight is 424 g/mol. The number of alkyl halides is 2. The van der Waals surface area contributed by atoms with E-state index in [0.29, 0.717) is 0 Å². The van der Waals surface area contributed by atoms with E-state index in [9.17, 15) is 13.6 Å². The Balaban J connectivity index is 0.00000101. The zero-order valence-corrected chi connectivity index (χ0v) is 15.8. The van der Waals surface area contributed by atoms with E-state index in [-0.39, 0.29) is 30.3 Å². The van der Waals surface area contributed by atoms with Crippen LogP contribution in [0.15, 0.2) is 47.6 Å². The van der Waals surface area contributed by atoms with E-state index in [1.54, 1.807) is 12.1 Å². The lowest BCUT2D eigenvalue weighted by Crippen LogP contribution is -2.45. The highest BCUT2D eigenvalue weighted by molar-refractivity contribution is 6.02. The topological polar surface area (TPSA) is 127 Å². The number of pyridine rings is 1. The van der Waals surface area contributed by atoms with Crippen LogP contribution in [0.25, 0.3) is 0 Å². The van der Waals surface area contributed by atoms with Crippen LogP contribution >= 0.6 is 0 Å². The van der Waals surface area contributed by atoms with Gasteiger partial charge in [0.1, 0.15) is 24.7 Å². The fourth-order valence-corrected chi connectivity index (χ4v) is 2.77. The molecule has 1 aromatic heterocycles. The van der Waals surface area contributed by atoms with E-state index in [0.717, 1.165) is 6.92 Å². The smallest absolute Gasteiger partial charge is 0.299 e. The maximum atomic E-state index is 15.1. The number of carbonyl (C=O) groups is 2. The number of nitrogens with one attached hydrogen (secondary N) is 1. The Morgan fingerprint density at radius 1 is 1.30 bits per heavy atom. The summed E-state index contributed by atoms with van der Waals surface area (Å²) >= 11 is 0. The molecule has 160 valence electrons. The number of halogens is 3. The highest BCUT2D eigenvalue weighted by atomic mass is 19.3. The Hall–Kier alpha value is -3.47. The Bertz CT molecular complexity index is 941. The van der Waals surface area contributed by atoms with Gasteiger partial charge in [-0.15, -0.1) is 0 Å². The number of amides is 1. The van der Waals surface area contributed by atoms with Gasteiger partial charge in [-0.25, -0.2) is 13.2 Å². The minimum atomic E-state index is -3.52. The van der Waals surface area contributed by atoms with Crippen molar-refractivity contribution in [2.75, 3.05) is 18.5 Å². The van der Waals surface area contributed by atoms with Crippen LogP contribution in [0.5, 0.6) is 0 Å². The molecule has 0 spiro atoms. The summed E-state index contributed by atoms with van der Waals surface area (Å²) in [4.78, 5) is 28.3. The largest absolute Gasteiger partial charge is 0.483 e. The van der Waals surface area contributed by atoms with Crippen molar-refractivity contribution in [3.05, 3.63) is 59.7 Å². The normalized spacial score (nSPS) is 20.1. The van der Waals surface area contributed by atoms with E-state index in [1.807, 2.05) is 0 Å². The molecule has 0 saturated carbocycles. The predicted molar refractivity (Wildman–Crippen MR) is 102 cm³/mol. The molecule has 2 aromatic rings. The lowest BCUT2D eigenvalue weighted by Gasteiger charge is -2.33. The summed E-state index contributed by atoms with van der Waals surface area (Å²) < 4.78 is 49.2. The van der Waals surface area contributed by atoms with Crippen LogP contribution in [0.2, 0.25) is 0 Å². The van der Waals surface area contributed by atoms with Crippen molar-refractivity contribution >= 4 is 23.9 Å². The van der Waals surface area contributed by atoms with Gasteiger partial charge in [-0.05, 0) is 25.1 Å². The van der Waals surface area contributed by atoms with E-state index in [2.05, 4.69) is 15.3 Å². The number of ether oxygens (including phenoxy) is 1. The van der Waals surface area contributed by atoms with Gasteiger partial charge >= 0.3 is 0 Å². The summed E-state index contributed by atoms with van der Waals surface area (Å²) in [7, 11) is 0. The van der Waals surface area contributed by atoms with Crippen molar-refractivity contribution in [3.63, 3.8) is 0 Å². The first kappa shape index (κ1) is 22.8. The minimum Gasteiger partial charge on any atom is -0.483 e. The van der Waals surface area contributed by atoms with Crippen LogP contribution in [0.4, 0.5) is 18.9 Å². The molecule has 0 bridgehead atoms. The van der Waals surface area contributed by atoms with E-state index < -0.39 is 35.4 Å². The third kappa shape index (κ3) is 4.74. The number of carbonyl (C=O) groups excluding carboxylic acids is 1. The van der Waals surface area contributed by atoms with Gasteiger partial charge in [-0.3, -0.25) is 19.6 Å². The average Bonchev–Trinajstić information content (AvgIpc) is 2.80. The monoisotopic (exact) mass is 424 g/mol. The van der Waals surface area contributed by atoms with E-state index in [4.69, 9.17) is 20.4 Å². The Morgan fingerprint density at radius 3 is 2.63 bits per heavy atom. The van der Waals surface area contributed by atoms with Crippen molar-refractivity contribution in [2.45, 2.75) is 18.4 Å². The van der Waals surface area contributed by atoms with Crippen LogP contribution in [0.3, 0.4) is 0 Å². The van der Waals surface area contributed by atoms with Crippen molar-refractivity contribution in [3.8, 4) is 0 Å². The first-order chi connectivity index (χ1) is 14.2. The molecule has 0 unspecified atom stereocenters. The molecule has 1 aromatic carbocycles. The summed E-state index contributed by atoms with van der Waals surface area (Å²) in [6.45, 7) is -0.405. The number of hydrogen-bond acceptors (Lipinski definition) is 6. The zero-order valence-electron chi connectivity index (χ0n) is 15.8. The molecule has 11 heteroatoms. The molecule has 0 saturated heterocycles. The summed E-state index contributed by atoms with van der Waals surface area (Å²) in [5.41, 5.74) is 2.71. The van der Waals surface area contributed by atoms with Gasteiger partial charge in [0.2, 0.25) is 0 Å². The number of aromatic nitrogens is 1. The molecule has 0 radical (unpaired) electrons. The molecular formula is C19H19F3N4O4. The number of benzene rings is 1. The number of aliphatic imine (C=N–C) groups is 1. The fraction of sp³-hybridized carbons (Fsp3) is 0.263. The number of nitrogens with zero attached hydrogens (tertiary/aromatic N) is 2. The number of anilines is 1. The maximum Gasteiger partial charge on any atom is 0.299 e. The molecule has 4 N–H and O–H groups in total. The first-order valence-electron chi connectivity index (χ1n) is 8.55. The van der Waals surface area contributed by atoms with Gasteiger partial charge in [0.25, 0.3) is 18.3 Å². The summed E-state index contributed by atoms with van der Waals surface area (Å²) in [6.07, 6.45) is 1.41. The van der Waals surface area contributed by atoms with E-state index >= 15 is 4.39 Å². The summed E-state index contributed by atoms with van der Waals surface area (Å²) in [5, 5.41) is 9.23. The second-order valence-corrected chi connectivity index (χ2v) is 6.31. The quantitative estimate of drug-likeness (QED) is 0.650. The van der Waals surface area contributed by atoms with E-state index in [1.165, 1.54) is 30.5 Å². The lowest BCUT2D eigenvalue weighted by molar-refractivity contribution is -0.122. The fourth-order valence-electron chi connectivity index (χ4n) is 2.77. The molecule has 2 heterocycles. The summed E-state index contributed by atoms with van der Waals surface area (Å²) in [5.74, 6) is -5.38. The van der Waals surface area contributed by atoms with Gasteiger partial charge in [-0.1, -0.05) is 18.2 Å². The van der Waals surface area contributed by atoms with Crippen LogP contribution in [0.1, 0.15) is 23.0 Å². The Kier molecular flexibility index (Phi) is 7.11. The standard InChI is InChI=1S/C18H17F3N4O2.CH2O2/c1-17(18(20,21)10-27-9-14(22)25-17)11-5-4-7-12(15(11)19)24-16(26)13-6-2-3-8-23-13;2-1-3/h2-8H,9-10H2,1H3,(H2,22,25)(H,24,26);1H,(H,2,3)/t17-;/m1./s1. The molecule has 0 aliphatic carbocycles. The number of amidine groups is 1. The van der Waals surface area contributed by atoms with Crippen molar-refractivity contribution < 1.29 is 32.6 Å². The maximum absolute atomic E-state index is 15.1. The second-order valence-electron chi connectivity index (χ2n) is 6.31. The van der Waals surface area contributed by atoms with Crippen molar-refractivity contribution in [1.82, 2.24) is 4.98 Å². The van der Waals surface area contributed by atoms with Crippen LogP contribution in [-0.4, -0.2) is 47.4 Å². The molecule has 1 aliphatic heterocycles. The molecule has 1 atom stereocenters. The van der Waals surface area contributed by atoms with Gasteiger partial charge in [0, 0.05) is 11.8 Å². The zero-order chi connectivity index (χ0) is 22.4. The summed E-state index contributed by atoms with van der Waals surface area (Å²) in [6, 6.07) is 8.46. The third-order valence-electron chi connectivity index (χ3n) is 4.28. The molecule has 1 aliphatic rings. The van der Waals surface area contributed by atoms with Gasteiger partial charge in [0.05, 0.1) is 5.69 Å². The van der Waals surface area contributed by atoms with Crippen LogP contribution in [-0.2, 0) is 15.1 Å². The number of hydrogen-bond donors (Lipinski definition) is 3. The Morgan fingerprint density at radius 2 is 2.00 bits per heavy atom. The number of rotatable bonds is 3.